The first-order chi connectivity index (χ1) is 8.65. The number of ether oxygens (including phenoxy) is 1. The zero-order chi connectivity index (χ0) is 13.4. The Morgan fingerprint density at radius 3 is 2.78 bits per heavy atom. The highest BCUT2D eigenvalue weighted by atomic mass is 19.1. The van der Waals surface area contributed by atoms with Gasteiger partial charge in [0.05, 0.1) is 12.2 Å². The molecule has 1 aromatic rings. The summed E-state index contributed by atoms with van der Waals surface area (Å²) in [5.41, 5.74) is 0.0806. The first-order valence-electron chi connectivity index (χ1n) is 5.85. The highest BCUT2D eigenvalue weighted by Gasteiger charge is 2.09. The van der Waals surface area contributed by atoms with Gasteiger partial charge in [-0.25, -0.2) is 4.39 Å². The third-order valence-corrected chi connectivity index (χ3v) is 2.57. The molecule has 0 unspecified atom stereocenters. The second kappa shape index (κ2) is 7.79. The minimum absolute atomic E-state index is 0.0806. The lowest BCUT2D eigenvalue weighted by Crippen LogP contribution is -2.34. The molecule has 1 aromatic carbocycles. The van der Waals surface area contributed by atoms with E-state index in [-0.39, 0.29) is 11.5 Å². The van der Waals surface area contributed by atoms with Crippen LogP contribution in [0, 0.1) is 5.82 Å². The highest BCUT2D eigenvalue weighted by Crippen LogP contribution is 2.05. The molecule has 1 N–H and O–H groups in total. The average molecular weight is 254 g/mol. The van der Waals surface area contributed by atoms with E-state index in [2.05, 4.69) is 5.32 Å². The number of halogens is 1. The van der Waals surface area contributed by atoms with Crippen LogP contribution in [0.15, 0.2) is 24.3 Å². The second-order valence-corrected chi connectivity index (χ2v) is 4.03. The molecule has 1 amide bonds. The molecule has 0 saturated carbocycles. The smallest absolute Gasteiger partial charge is 0.254 e. The van der Waals surface area contributed by atoms with E-state index in [9.17, 15) is 9.18 Å². The Kier molecular flexibility index (Phi) is 6.32. The molecule has 0 aliphatic rings. The largest absolute Gasteiger partial charge is 0.383 e. The Morgan fingerprint density at radius 1 is 1.39 bits per heavy atom. The van der Waals surface area contributed by atoms with Crippen molar-refractivity contribution in [3.63, 3.8) is 0 Å². The summed E-state index contributed by atoms with van der Waals surface area (Å²) >= 11 is 0. The lowest BCUT2D eigenvalue weighted by Gasteiger charge is -2.16. The number of carbonyl (C=O) groups is 1. The molecule has 0 radical (unpaired) electrons. The van der Waals surface area contributed by atoms with Crippen molar-refractivity contribution < 1.29 is 13.9 Å². The zero-order valence-corrected chi connectivity index (χ0v) is 10.8. The third kappa shape index (κ3) is 4.81. The van der Waals surface area contributed by atoms with E-state index in [1.807, 2.05) is 11.9 Å². The van der Waals surface area contributed by atoms with Gasteiger partial charge in [0.1, 0.15) is 5.82 Å². The van der Waals surface area contributed by atoms with Crippen molar-refractivity contribution in [3.8, 4) is 0 Å². The summed E-state index contributed by atoms with van der Waals surface area (Å²) < 4.78 is 18.3. The molecular weight excluding hydrogens is 235 g/mol. The predicted molar refractivity (Wildman–Crippen MR) is 68.1 cm³/mol. The normalized spacial score (nSPS) is 10.7. The van der Waals surface area contributed by atoms with Crippen LogP contribution in [0.1, 0.15) is 10.4 Å². The van der Waals surface area contributed by atoms with Gasteiger partial charge < -0.3 is 15.0 Å². The Labute approximate surface area is 107 Å². The lowest BCUT2D eigenvalue weighted by molar-refractivity contribution is 0.0943. The van der Waals surface area contributed by atoms with Crippen molar-refractivity contribution >= 4 is 5.91 Å². The fourth-order valence-electron chi connectivity index (χ4n) is 1.46. The van der Waals surface area contributed by atoms with Gasteiger partial charge in [-0.05, 0) is 19.2 Å². The maximum atomic E-state index is 13.3. The molecule has 0 aromatic heterocycles. The molecule has 0 aliphatic carbocycles. The number of amides is 1. The van der Waals surface area contributed by atoms with Gasteiger partial charge in [-0.2, -0.15) is 0 Å². The van der Waals surface area contributed by atoms with Crippen LogP contribution < -0.4 is 5.32 Å². The van der Waals surface area contributed by atoms with Crippen LogP contribution in [0.4, 0.5) is 4.39 Å². The van der Waals surface area contributed by atoms with Crippen LogP contribution in [0.25, 0.3) is 0 Å². The minimum atomic E-state index is -0.497. The van der Waals surface area contributed by atoms with Crippen molar-refractivity contribution in [2.24, 2.45) is 0 Å². The van der Waals surface area contributed by atoms with Crippen molar-refractivity contribution in [2.75, 3.05) is 40.4 Å². The molecular formula is C13H19FN2O2. The van der Waals surface area contributed by atoms with E-state index in [1.54, 1.807) is 19.2 Å². The molecule has 0 fully saturated rings. The van der Waals surface area contributed by atoms with E-state index in [0.29, 0.717) is 19.7 Å². The number of likely N-dealkylation sites (N-methyl/N-ethyl adjacent to an activating group) is 1. The van der Waals surface area contributed by atoms with Crippen LogP contribution >= 0.6 is 0 Å². The number of carbonyl (C=O) groups excluding carboxylic acids is 1. The summed E-state index contributed by atoms with van der Waals surface area (Å²) in [6, 6.07) is 5.95. The topological polar surface area (TPSA) is 41.6 Å². The minimum Gasteiger partial charge on any atom is -0.383 e. The van der Waals surface area contributed by atoms with Gasteiger partial charge in [0.25, 0.3) is 5.91 Å². The molecule has 0 heterocycles. The molecule has 18 heavy (non-hydrogen) atoms. The van der Waals surface area contributed by atoms with Crippen LogP contribution in [0.3, 0.4) is 0 Å². The van der Waals surface area contributed by atoms with Crippen molar-refractivity contribution in [1.29, 1.82) is 0 Å². The zero-order valence-electron chi connectivity index (χ0n) is 10.8. The molecule has 0 saturated heterocycles. The molecule has 0 bridgehead atoms. The molecule has 0 aliphatic heterocycles. The summed E-state index contributed by atoms with van der Waals surface area (Å²) in [5.74, 6) is -0.879. The molecule has 0 spiro atoms. The van der Waals surface area contributed by atoms with E-state index >= 15 is 0 Å². The van der Waals surface area contributed by atoms with Crippen LogP contribution in [-0.2, 0) is 4.74 Å². The van der Waals surface area contributed by atoms with Gasteiger partial charge in [-0.15, -0.1) is 0 Å². The van der Waals surface area contributed by atoms with Crippen molar-refractivity contribution in [1.82, 2.24) is 10.2 Å². The van der Waals surface area contributed by atoms with Crippen LogP contribution in [0.5, 0.6) is 0 Å². The van der Waals surface area contributed by atoms with E-state index in [1.165, 1.54) is 12.1 Å². The quantitative estimate of drug-likeness (QED) is 0.793. The number of methoxy groups -OCH3 is 1. The fourth-order valence-corrected chi connectivity index (χ4v) is 1.46. The third-order valence-electron chi connectivity index (χ3n) is 2.57. The monoisotopic (exact) mass is 254 g/mol. The van der Waals surface area contributed by atoms with Crippen molar-refractivity contribution in [3.05, 3.63) is 35.6 Å². The van der Waals surface area contributed by atoms with Gasteiger partial charge >= 0.3 is 0 Å². The van der Waals surface area contributed by atoms with Gasteiger partial charge in [0.15, 0.2) is 0 Å². The number of rotatable bonds is 7. The van der Waals surface area contributed by atoms with Gasteiger partial charge in [-0.3, -0.25) is 4.79 Å². The highest BCUT2D eigenvalue weighted by molar-refractivity contribution is 5.94. The number of nitrogens with one attached hydrogen (secondary N) is 1. The number of hydrogen-bond acceptors (Lipinski definition) is 3. The number of nitrogens with zero attached hydrogens (tertiary/aromatic N) is 1. The van der Waals surface area contributed by atoms with Gasteiger partial charge in [0.2, 0.25) is 0 Å². The van der Waals surface area contributed by atoms with Crippen LogP contribution in [-0.4, -0.2) is 51.2 Å². The first-order valence-corrected chi connectivity index (χ1v) is 5.85. The van der Waals surface area contributed by atoms with Gasteiger partial charge in [-0.1, -0.05) is 12.1 Å². The molecule has 100 valence electrons. The maximum Gasteiger partial charge on any atom is 0.254 e. The summed E-state index contributed by atoms with van der Waals surface area (Å²) in [6.07, 6.45) is 0. The van der Waals surface area contributed by atoms with E-state index < -0.39 is 5.82 Å². The second-order valence-electron chi connectivity index (χ2n) is 4.03. The van der Waals surface area contributed by atoms with E-state index in [0.717, 1.165) is 6.54 Å². The first kappa shape index (κ1) is 14.6. The molecule has 0 atom stereocenters. The fraction of sp³-hybridized carbons (Fsp3) is 0.462. The number of hydrogen-bond donors (Lipinski definition) is 1. The summed E-state index contributed by atoms with van der Waals surface area (Å²) in [5, 5.41) is 2.69. The predicted octanol–water partition coefficient (Wildman–Crippen LogP) is 1.13. The van der Waals surface area contributed by atoms with Gasteiger partial charge in [0, 0.05) is 26.7 Å². The number of benzene rings is 1. The Morgan fingerprint density at radius 2 is 2.11 bits per heavy atom. The molecule has 5 heteroatoms. The van der Waals surface area contributed by atoms with Crippen molar-refractivity contribution in [2.45, 2.75) is 0 Å². The lowest BCUT2D eigenvalue weighted by atomic mass is 10.2. The van der Waals surface area contributed by atoms with Crippen LogP contribution in [0.2, 0.25) is 0 Å². The van der Waals surface area contributed by atoms with E-state index in [4.69, 9.17) is 4.74 Å². The maximum absolute atomic E-state index is 13.3. The summed E-state index contributed by atoms with van der Waals surface area (Å²) in [4.78, 5) is 13.7. The Bertz CT molecular complexity index is 385. The summed E-state index contributed by atoms with van der Waals surface area (Å²) in [7, 11) is 3.59. The Balaban J connectivity index is 2.32. The SMILES string of the molecule is COCCN(C)CCNC(=O)c1ccccc1F. The molecule has 4 nitrogen and oxygen atoms in total. The molecule has 1 rings (SSSR count). The average Bonchev–Trinajstić information content (AvgIpc) is 2.36. The summed E-state index contributed by atoms with van der Waals surface area (Å²) in [6.45, 7) is 2.63. The Hall–Kier alpha value is -1.46. The standard InChI is InChI=1S/C13H19FN2O2/c1-16(9-10-18-2)8-7-15-13(17)11-5-3-4-6-12(11)14/h3-6H,7-10H2,1-2H3,(H,15,17).